The summed E-state index contributed by atoms with van der Waals surface area (Å²) in [5.41, 5.74) is 0.497. The summed E-state index contributed by atoms with van der Waals surface area (Å²) < 4.78 is 2.39. The summed E-state index contributed by atoms with van der Waals surface area (Å²) in [4.78, 5) is 17.4. The highest BCUT2D eigenvalue weighted by Gasteiger charge is 2.14. The first-order chi connectivity index (χ1) is 8.50. The van der Waals surface area contributed by atoms with Gasteiger partial charge in [-0.25, -0.2) is 9.67 Å². The lowest BCUT2D eigenvalue weighted by Crippen LogP contribution is -2.21. The molecule has 2 aromatic rings. The second-order valence-corrected chi connectivity index (χ2v) is 5.34. The Balaban J connectivity index is 2.41. The first-order valence-corrected chi connectivity index (χ1v) is 6.53. The molecule has 0 fully saturated rings. The molecule has 5 nitrogen and oxygen atoms in total. The maximum atomic E-state index is 11.8. The molecule has 2 aromatic heterocycles. The molecule has 0 atom stereocenters. The third kappa shape index (κ3) is 2.49. The summed E-state index contributed by atoms with van der Waals surface area (Å²) >= 11 is 8.27. The van der Waals surface area contributed by atoms with E-state index < -0.39 is 0 Å². The summed E-state index contributed by atoms with van der Waals surface area (Å²) in [6.07, 6.45) is 4.77. The Kier molecular flexibility index (Phi) is 3.86. The molecule has 2 rings (SSSR count). The van der Waals surface area contributed by atoms with Crippen molar-refractivity contribution in [3.8, 4) is 5.82 Å². The third-order valence-corrected chi connectivity index (χ3v) is 3.87. The van der Waals surface area contributed by atoms with Crippen LogP contribution in [0.25, 0.3) is 5.82 Å². The second-order valence-electron chi connectivity index (χ2n) is 3.80. The van der Waals surface area contributed by atoms with Gasteiger partial charge in [-0.15, -0.1) is 0 Å². The standard InChI is InChI=1S/C11H10ClIN4O/c1-16(2)11(18)7-5-15-17(6-7)10-9(12)8(13)3-4-14-10/h3-6H,1-2H3. The van der Waals surface area contributed by atoms with Gasteiger partial charge >= 0.3 is 0 Å². The molecule has 0 aromatic carbocycles. The van der Waals surface area contributed by atoms with Gasteiger partial charge in [0.1, 0.15) is 0 Å². The molecule has 0 radical (unpaired) electrons. The normalized spacial score (nSPS) is 10.4. The smallest absolute Gasteiger partial charge is 0.256 e. The van der Waals surface area contributed by atoms with Gasteiger partial charge in [0.15, 0.2) is 5.82 Å². The van der Waals surface area contributed by atoms with Crippen molar-refractivity contribution in [2.75, 3.05) is 14.1 Å². The highest BCUT2D eigenvalue weighted by Crippen LogP contribution is 2.23. The molecule has 1 amide bonds. The van der Waals surface area contributed by atoms with Crippen molar-refractivity contribution in [1.29, 1.82) is 0 Å². The van der Waals surface area contributed by atoms with Gasteiger partial charge in [0.05, 0.1) is 16.8 Å². The summed E-state index contributed by atoms with van der Waals surface area (Å²) in [5.74, 6) is 0.407. The summed E-state index contributed by atoms with van der Waals surface area (Å²) in [5, 5.41) is 4.63. The molecule has 2 heterocycles. The average Bonchev–Trinajstić information content (AvgIpc) is 2.80. The first kappa shape index (κ1) is 13.3. The van der Waals surface area contributed by atoms with E-state index in [4.69, 9.17) is 11.6 Å². The molecule has 0 N–H and O–H groups in total. The fourth-order valence-electron chi connectivity index (χ4n) is 1.38. The van der Waals surface area contributed by atoms with Gasteiger partial charge in [-0.05, 0) is 28.7 Å². The van der Waals surface area contributed by atoms with E-state index in [1.54, 1.807) is 26.5 Å². The Morgan fingerprint density at radius 3 is 2.89 bits per heavy atom. The van der Waals surface area contributed by atoms with Gasteiger partial charge in [0.2, 0.25) is 0 Å². The van der Waals surface area contributed by atoms with Crippen LogP contribution in [0.15, 0.2) is 24.7 Å². The van der Waals surface area contributed by atoms with Crippen LogP contribution in [0.2, 0.25) is 5.02 Å². The van der Waals surface area contributed by atoms with E-state index in [2.05, 4.69) is 32.7 Å². The van der Waals surface area contributed by atoms with Gasteiger partial charge in [-0.1, -0.05) is 11.6 Å². The molecule has 18 heavy (non-hydrogen) atoms. The Morgan fingerprint density at radius 1 is 1.50 bits per heavy atom. The SMILES string of the molecule is CN(C)C(=O)c1cnn(-c2nccc(I)c2Cl)c1. The topological polar surface area (TPSA) is 51.0 Å². The maximum absolute atomic E-state index is 11.8. The minimum atomic E-state index is -0.108. The van der Waals surface area contributed by atoms with Crippen LogP contribution in [0.3, 0.4) is 0 Å². The molecule has 0 bridgehead atoms. The number of carbonyl (C=O) groups is 1. The number of pyridine rings is 1. The Morgan fingerprint density at radius 2 is 2.22 bits per heavy atom. The molecule has 0 saturated heterocycles. The van der Waals surface area contributed by atoms with Gasteiger partial charge in [-0.2, -0.15) is 5.10 Å². The number of nitrogens with zero attached hydrogens (tertiary/aromatic N) is 4. The highest BCUT2D eigenvalue weighted by atomic mass is 127. The predicted octanol–water partition coefficient (Wildman–Crippen LogP) is 2.23. The fourth-order valence-corrected chi connectivity index (χ4v) is 1.98. The van der Waals surface area contributed by atoms with Crippen molar-refractivity contribution in [2.45, 2.75) is 0 Å². The van der Waals surface area contributed by atoms with E-state index in [1.165, 1.54) is 15.8 Å². The number of rotatable bonds is 2. The average molecular weight is 377 g/mol. The van der Waals surface area contributed by atoms with Gasteiger partial charge < -0.3 is 4.90 Å². The van der Waals surface area contributed by atoms with E-state index in [0.29, 0.717) is 16.4 Å². The van der Waals surface area contributed by atoms with Crippen molar-refractivity contribution in [1.82, 2.24) is 19.7 Å². The Labute approximate surface area is 123 Å². The molecular weight excluding hydrogens is 367 g/mol. The van der Waals surface area contributed by atoms with Crippen LogP contribution in [0.4, 0.5) is 0 Å². The van der Waals surface area contributed by atoms with Crippen LogP contribution in [0.5, 0.6) is 0 Å². The number of aromatic nitrogens is 3. The van der Waals surface area contributed by atoms with Crippen LogP contribution in [-0.2, 0) is 0 Å². The van der Waals surface area contributed by atoms with Gasteiger partial charge in [-0.3, -0.25) is 4.79 Å². The molecular formula is C11H10ClIN4O. The second kappa shape index (κ2) is 5.23. The van der Waals surface area contributed by atoms with Crippen molar-refractivity contribution >= 4 is 40.1 Å². The number of halogens is 2. The molecule has 0 saturated carbocycles. The lowest BCUT2D eigenvalue weighted by molar-refractivity contribution is 0.0827. The van der Waals surface area contributed by atoms with Crippen molar-refractivity contribution in [2.24, 2.45) is 0 Å². The monoisotopic (exact) mass is 376 g/mol. The van der Waals surface area contributed by atoms with Crippen LogP contribution in [0.1, 0.15) is 10.4 Å². The van der Waals surface area contributed by atoms with Gasteiger partial charge in [0, 0.05) is 30.1 Å². The van der Waals surface area contributed by atoms with E-state index in [9.17, 15) is 4.79 Å². The zero-order valence-corrected chi connectivity index (χ0v) is 12.7. The number of carbonyl (C=O) groups excluding carboxylic acids is 1. The Bertz CT molecular complexity index is 596. The van der Waals surface area contributed by atoms with Crippen molar-refractivity contribution in [3.05, 3.63) is 38.8 Å². The van der Waals surface area contributed by atoms with Crippen molar-refractivity contribution in [3.63, 3.8) is 0 Å². The Hall–Kier alpha value is -1.15. The summed E-state index contributed by atoms with van der Waals surface area (Å²) in [7, 11) is 3.38. The van der Waals surface area contributed by atoms with E-state index in [1.807, 2.05) is 6.07 Å². The lowest BCUT2D eigenvalue weighted by Gasteiger charge is -2.07. The molecule has 0 unspecified atom stereocenters. The molecule has 94 valence electrons. The quantitative estimate of drug-likeness (QED) is 0.755. The molecule has 0 aliphatic carbocycles. The minimum absolute atomic E-state index is 0.108. The minimum Gasteiger partial charge on any atom is -0.345 e. The number of amides is 1. The predicted molar refractivity (Wildman–Crippen MR) is 77.1 cm³/mol. The zero-order valence-electron chi connectivity index (χ0n) is 9.76. The molecule has 0 aliphatic rings. The molecule has 0 aliphatic heterocycles. The molecule has 7 heteroatoms. The van der Waals surface area contributed by atoms with Crippen LogP contribution >= 0.6 is 34.2 Å². The fraction of sp³-hybridized carbons (Fsp3) is 0.182. The summed E-state index contributed by atoms with van der Waals surface area (Å²) in [6, 6.07) is 1.81. The van der Waals surface area contributed by atoms with E-state index >= 15 is 0 Å². The zero-order chi connectivity index (χ0) is 13.3. The van der Waals surface area contributed by atoms with Crippen molar-refractivity contribution < 1.29 is 4.79 Å². The third-order valence-electron chi connectivity index (χ3n) is 2.28. The van der Waals surface area contributed by atoms with E-state index in [-0.39, 0.29) is 5.91 Å². The van der Waals surface area contributed by atoms with Crippen LogP contribution < -0.4 is 0 Å². The van der Waals surface area contributed by atoms with Crippen LogP contribution in [0, 0.1) is 3.57 Å². The summed E-state index contributed by atoms with van der Waals surface area (Å²) in [6.45, 7) is 0. The number of hydrogen-bond acceptors (Lipinski definition) is 3. The first-order valence-electron chi connectivity index (χ1n) is 5.07. The lowest BCUT2D eigenvalue weighted by atomic mass is 10.3. The number of hydrogen-bond donors (Lipinski definition) is 0. The van der Waals surface area contributed by atoms with Gasteiger partial charge in [0.25, 0.3) is 5.91 Å². The molecule has 0 spiro atoms. The maximum Gasteiger partial charge on any atom is 0.256 e. The highest BCUT2D eigenvalue weighted by molar-refractivity contribution is 14.1. The van der Waals surface area contributed by atoms with E-state index in [0.717, 1.165) is 3.57 Å². The largest absolute Gasteiger partial charge is 0.345 e. The van der Waals surface area contributed by atoms with Crippen LogP contribution in [-0.4, -0.2) is 39.7 Å².